The molecule has 0 aromatic carbocycles. The molecule has 2 nitrogen and oxygen atoms in total. The third-order valence-electron chi connectivity index (χ3n) is 0.807. The largest absolute Gasteiger partial charge is 0.327 e. The Morgan fingerprint density at radius 1 is 1.67 bits per heavy atom. The van der Waals surface area contributed by atoms with Gasteiger partial charge >= 0.3 is 0 Å². The van der Waals surface area contributed by atoms with Crippen LogP contribution >= 0.6 is 11.6 Å². The van der Waals surface area contributed by atoms with E-state index in [-0.39, 0.29) is 0 Å². The summed E-state index contributed by atoms with van der Waals surface area (Å²) >= 11 is 5.72. The molecule has 0 unspecified atom stereocenters. The number of hydrogen-bond donors (Lipinski definition) is 1. The minimum Gasteiger partial charge on any atom is -0.327 e. The van der Waals surface area contributed by atoms with E-state index < -0.39 is 0 Å². The molecule has 0 bridgehead atoms. The lowest BCUT2D eigenvalue weighted by atomic mass is 10.4. The van der Waals surface area contributed by atoms with Crippen LogP contribution in [0.25, 0.3) is 0 Å². The predicted octanol–water partition coefficient (Wildman–Crippen LogP) is 0.629. The van der Waals surface area contributed by atoms with Crippen molar-refractivity contribution in [2.75, 3.05) is 27.2 Å². The number of nitrogens with zero attached hydrogens (tertiary/aromatic N) is 1. The van der Waals surface area contributed by atoms with Gasteiger partial charge in [-0.15, -0.1) is 0 Å². The van der Waals surface area contributed by atoms with Crippen LogP contribution in [0.1, 0.15) is 0 Å². The highest BCUT2D eigenvalue weighted by molar-refractivity contribution is 6.29. The number of likely N-dealkylation sites (N-methyl/N-ethyl adjacent to an activating group) is 1. The summed E-state index contributed by atoms with van der Waals surface area (Å²) < 4.78 is 0. The average Bonchev–Trinajstić information content (AvgIpc) is 1.63. The van der Waals surface area contributed by atoms with Gasteiger partial charge in [0.15, 0.2) is 0 Å². The van der Waals surface area contributed by atoms with Crippen molar-refractivity contribution >= 4 is 11.6 Å². The first-order chi connectivity index (χ1) is 4.16. The second-order valence-electron chi connectivity index (χ2n) is 2.12. The van der Waals surface area contributed by atoms with Gasteiger partial charge in [-0.25, -0.2) is 0 Å². The van der Waals surface area contributed by atoms with E-state index in [1.165, 1.54) is 0 Å². The standard InChI is InChI=1S/C6H13ClN2/c1-9(2)5-6(7)3-4-8/h3H,4-5,8H2,1-2H3/b6-3-. The van der Waals surface area contributed by atoms with Crippen molar-refractivity contribution in [3.05, 3.63) is 11.1 Å². The van der Waals surface area contributed by atoms with Gasteiger partial charge in [-0.1, -0.05) is 17.7 Å². The van der Waals surface area contributed by atoms with Crippen LogP contribution in [0.3, 0.4) is 0 Å². The van der Waals surface area contributed by atoms with Crippen molar-refractivity contribution < 1.29 is 0 Å². The maximum absolute atomic E-state index is 5.72. The average molecular weight is 149 g/mol. The molecule has 3 heteroatoms. The summed E-state index contributed by atoms with van der Waals surface area (Å²) in [6.07, 6.45) is 1.81. The first-order valence-corrected chi connectivity index (χ1v) is 3.24. The molecule has 0 saturated heterocycles. The van der Waals surface area contributed by atoms with Crippen LogP contribution in [-0.2, 0) is 0 Å². The first-order valence-electron chi connectivity index (χ1n) is 2.86. The van der Waals surface area contributed by atoms with E-state index in [1.807, 2.05) is 25.1 Å². The van der Waals surface area contributed by atoms with E-state index in [9.17, 15) is 0 Å². The van der Waals surface area contributed by atoms with Crippen LogP contribution < -0.4 is 5.73 Å². The molecular weight excluding hydrogens is 136 g/mol. The highest BCUT2D eigenvalue weighted by Crippen LogP contribution is 1.99. The minimum atomic E-state index is 0.521. The fraction of sp³-hybridized carbons (Fsp3) is 0.667. The van der Waals surface area contributed by atoms with Gasteiger partial charge in [-0.05, 0) is 14.1 Å². The SMILES string of the molecule is CN(C)C/C(Cl)=C/CN. The second kappa shape index (κ2) is 4.79. The summed E-state index contributed by atoms with van der Waals surface area (Å²) in [7, 11) is 3.93. The second-order valence-corrected chi connectivity index (χ2v) is 2.61. The Morgan fingerprint density at radius 2 is 2.22 bits per heavy atom. The number of halogens is 1. The van der Waals surface area contributed by atoms with Crippen molar-refractivity contribution in [3.63, 3.8) is 0 Å². The Labute approximate surface area is 61.3 Å². The minimum absolute atomic E-state index is 0.521. The van der Waals surface area contributed by atoms with Gasteiger partial charge in [0.1, 0.15) is 0 Å². The van der Waals surface area contributed by atoms with E-state index in [0.29, 0.717) is 6.54 Å². The summed E-state index contributed by atoms with van der Waals surface area (Å²) in [5, 5.41) is 0.808. The molecule has 0 atom stereocenters. The molecule has 0 aliphatic rings. The third-order valence-corrected chi connectivity index (χ3v) is 1.08. The molecule has 0 heterocycles. The quantitative estimate of drug-likeness (QED) is 0.636. The molecular formula is C6H13ClN2. The van der Waals surface area contributed by atoms with Crippen molar-refractivity contribution in [2.24, 2.45) is 5.73 Å². The van der Waals surface area contributed by atoms with Gasteiger partial charge in [-0.2, -0.15) is 0 Å². The molecule has 9 heavy (non-hydrogen) atoms. The van der Waals surface area contributed by atoms with Crippen molar-refractivity contribution in [1.29, 1.82) is 0 Å². The Kier molecular flexibility index (Phi) is 4.77. The van der Waals surface area contributed by atoms with E-state index in [4.69, 9.17) is 17.3 Å². The first kappa shape index (κ1) is 8.95. The van der Waals surface area contributed by atoms with Crippen molar-refractivity contribution in [3.8, 4) is 0 Å². The lowest BCUT2D eigenvalue weighted by molar-refractivity contribution is 0.452. The van der Waals surface area contributed by atoms with Gasteiger partial charge in [0.25, 0.3) is 0 Å². The summed E-state index contributed by atoms with van der Waals surface area (Å²) in [5.41, 5.74) is 5.23. The highest BCUT2D eigenvalue weighted by Gasteiger charge is 1.91. The summed E-state index contributed by atoms with van der Waals surface area (Å²) in [6.45, 7) is 1.30. The molecule has 0 rings (SSSR count). The zero-order valence-corrected chi connectivity index (χ0v) is 6.65. The monoisotopic (exact) mass is 148 g/mol. The maximum Gasteiger partial charge on any atom is 0.0332 e. The van der Waals surface area contributed by atoms with E-state index in [1.54, 1.807) is 0 Å². The van der Waals surface area contributed by atoms with Crippen LogP contribution in [-0.4, -0.2) is 32.1 Å². The highest BCUT2D eigenvalue weighted by atomic mass is 35.5. The Hall–Kier alpha value is -0.0500. The fourth-order valence-electron chi connectivity index (χ4n) is 0.495. The van der Waals surface area contributed by atoms with Gasteiger partial charge in [0.05, 0.1) is 0 Å². The van der Waals surface area contributed by atoms with Gasteiger partial charge < -0.3 is 10.6 Å². The van der Waals surface area contributed by atoms with Crippen LogP contribution in [0.4, 0.5) is 0 Å². The molecule has 0 radical (unpaired) electrons. The molecule has 2 N–H and O–H groups in total. The third kappa shape index (κ3) is 5.83. The van der Waals surface area contributed by atoms with E-state index in [0.717, 1.165) is 11.6 Å². The summed E-state index contributed by atoms with van der Waals surface area (Å²) in [6, 6.07) is 0. The fourth-order valence-corrected chi connectivity index (χ4v) is 0.823. The van der Waals surface area contributed by atoms with E-state index >= 15 is 0 Å². The van der Waals surface area contributed by atoms with Crippen LogP contribution in [0.2, 0.25) is 0 Å². The zero-order valence-electron chi connectivity index (χ0n) is 5.89. The lowest BCUT2D eigenvalue weighted by Gasteiger charge is -2.06. The predicted molar refractivity (Wildman–Crippen MR) is 41.5 cm³/mol. The molecule has 0 aromatic rings. The Morgan fingerprint density at radius 3 is 2.56 bits per heavy atom. The molecule has 0 aliphatic heterocycles. The number of hydrogen-bond acceptors (Lipinski definition) is 2. The van der Waals surface area contributed by atoms with Gasteiger partial charge in [-0.3, -0.25) is 0 Å². The lowest BCUT2D eigenvalue weighted by Crippen LogP contribution is -2.13. The summed E-state index contributed by atoms with van der Waals surface area (Å²) in [4.78, 5) is 1.99. The number of rotatable bonds is 3. The van der Waals surface area contributed by atoms with Crippen LogP contribution in [0.15, 0.2) is 11.1 Å². The molecule has 0 amide bonds. The molecule has 54 valence electrons. The normalized spacial score (nSPS) is 12.8. The topological polar surface area (TPSA) is 29.3 Å². The molecule has 0 aromatic heterocycles. The molecule has 0 saturated carbocycles. The van der Waals surface area contributed by atoms with Crippen molar-refractivity contribution in [1.82, 2.24) is 4.90 Å². The molecule has 0 aliphatic carbocycles. The van der Waals surface area contributed by atoms with Crippen LogP contribution in [0, 0.1) is 0 Å². The van der Waals surface area contributed by atoms with Gasteiger partial charge in [0, 0.05) is 18.1 Å². The molecule has 0 fully saturated rings. The van der Waals surface area contributed by atoms with E-state index in [2.05, 4.69) is 0 Å². The number of nitrogens with two attached hydrogens (primary N) is 1. The summed E-state index contributed by atoms with van der Waals surface area (Å²) in [5.74, 6) is 0. The Balaban J connectivity index is 3.49. The van der Waals surface area contributed by atoms with Crippen molar-refractivity contribution in [2.45, 2.75) is 0 Å². The van der Waals surface area contributed by atoms with Gasteiger partial charge in [0.2, 0.25) is 0 Å². The Bertz CT molecular complexity index is 99.2. The van der Waals surface area contributed by atoms with Crippen LogP contribution in [0.5, 0.6) is 0 Å². The maximum atomic E-state index is 5.72. The molecule has 0 spiro atoms. The zero-order chi connectivity index (χ0) is 7.28. The smallest absolute Gasteiger partial charge is 0.0332 e.